The summed E-state index contributed by atoms with van der Waals surface area (Å²) in [5.41, 5.74) is 0. The molecule has 1 N–H and O–H groups in total. The highest BCUT2D eigenvalue weighted by Gasteiger charge is 2.15. The van der Waals surface area contributed by atoms with E-state index in [1.165, 1.54) is 4.68 Å². The molecule has 100 valence electrons. The predicted molar refractivity (Wildman–Crippen MR) is 64.1 cm³/mol. The van der Waals surface area contributed by atoms with Gasteiger partial charge in [-0.3, -0.25) is 9.59 Å². The van der Waals surface area contributed by atoms with Crippen molar-refractivity contribution in [1.29, 1.82) is 0 Å². The fourth-order valence-electron chi connectivity index (χ4n) is 1.33. The van der Waals surface area contributed by atoms with Crippen LogP contribution in [0.1, 0.15) is 13.8 Å². The van der Waals surface area contributed by atoms with Gasteiger partial charge in [-0.1, -0.05) is 11.8 Å². The van der Waals surface area contributed by atoms with Crippen LogP contribution in [0.4, 0.5) is 0 Å². The third-order valence-electron chi connectivity index (χ3n) is 2.22. The Morgan fingerprint density at radius 2 is 2.06 bits per heavy atom. The topological polar surface area (TPSA) is 101 Å². The van der Waals surface area contributed by atoms with Crippen molar-refractivity contribution >= 4 is 23.6 Å². The van der Waals surface area contributed by atoms with Gasteiger partial charge in [0.25, 0.3) is 0 Å². The predicted octanol–water partition coefficient (Wildman–Crippen LogP) is -0.282. The first-order chi connectivity index (χ1) is 8.58. The molecule has 0 aliphatic carbocycles. The molecule has 0 saturated heterocycles. The second-order valence-electron chi connectivity index (χ2n) is 3.37. The maximum absolute atomic E-state index is 11.8. The number of nitrogens with zero attached hydrogens (tertiary/aromatic N) is 5. The van der Waals surface area contributed by atoms with Crippen LogP contribution in [-0.2, 0) is 16.1 Å². The minimum atomic E-state index is -0.954. The molecule has 0 unspecified atom stereocenters. The van der Waals surface area contributed by atoms with Crippen molar-refractivity contribution in [3.63, 3.8) is 0 Å². The number of hydrogen-bond acceptors (Lipinski definition) is 6. The van der Waals surface area contributed by atoms with Crippen LogP contribution in [0, 0.1) is 0 Å². The molecule has 18 heavy (non-hydrogen) atoms. The molecule has 1 amide bonds. The van der Waals surface area contributed by atoms with Crippen molar-refractivity contribution < 1.29 is 14.7 Å². The molecule has 1 aromatic rings. The molecule has 0 bridgehead atoms. The molecule has 0 aromatic carbocycles. The maximum atomic E-state index is 11.8. The molecular formula is C9H15N5O3S. The van der Waals surface area contributed by atoms with E-state index in [9.17, 15) is 9.59 Å². The Hall–Kier alpha value is -1.64. The zero-order valence-corrected chi connectivity index (χ0v) is 11.1. The molecule has 0 aliphatic heterocycles. The van der Waals surface area contributed by atoms with Crippen LogP contribution < -0.4 is 0 Å². The van der Waals surface area contributed by atoms with Gasteiger partial charge in [-0.05, 0) is 24.3 Å². The largest absolute Gasteiger partial charge is 0.481 e. The Labute approximate surface area is 108 Å². The number of amides is 1. The molecule has 1 heterocycles. The van der Waals surface area contributed by atoms with E-state index in [2.05, 4.69) is 15.5 Å². The van der Waals surface area contributed by atoms with Gasteiger partial charge in [-0.25, -0.2) is 4.68 Å². The van der Waals surface area contributed by atoms with Gasteiger partial charge in [-0.2, -0.15) is 0 Å². The summed E-state index contributed by atoms with van der Waals surface area (Å²) < 4.78 is 1.31. The van der Waals surface area contributed by atoms with Gasteiger partial charge in [0.05, 0.1) is 5.75 Å². The molecule has 0 fully saturated rings. The van der Waals surface area contributed by atoms with E-state index in [4.69, 9.17) is 5.11 Å². The van der Waals surface area contributed by atoms with Gasteiger partial charge < -0.3 is 10.0 Å². The third-order valence-corrected chi connectivity index (χ3v) is 3.17. The highest BCUT2D eigenvalue weighted by Crippen LogP contribution is 2.13. The molecule has 1 aromatic heterocycles. The molecule has 0 spiro atoms. The normalized spacial score (nSPS) is 10.3. The van der Waals surface area contributed by atoms with E-state index in [1.807, 2.05) is 13.8 Å². The fourth-order valence-corrected chi connectivity index (χ4v) is 1.93. The Morgan fingerprint density at radius 1 is 1.39 bits per heavy atom. The standard InChI is InChI=1S/C9H15N5O3S/c1-3-13(4-2)7(15)5-14-9(10-11-12-14)18-6-8(16)17/h3-6H2,1-2H3,(H,16,17). The molecule has 0 radical (unpaired) electrons. The van der Waals surface area contributed by atoms with Crippen molar-refractivity contribution in [2.45, 2.75) is 25.5 Å². The Bertz CT molecular complexity index is 418. The van der Waals surface area contributed by atoms with Gasteiger partial charge in [0.15, 0.2) is 0 Å². The lowest BCUT2D eigenvalue weighted by atomic mass is 10.4. The van der Waals surface area contributed by atoms with E-state index in [1.54, 1.807) is 4.90 Å². The summed E-state index contributed by atoms with van der Waals surface area (Å²) in [4.78, 5) is 24.0. The van der Waals surface area contributed by atoms with Crippen molar-refractivity contribution in [2.24, 2.45) is 0 Å². The number of carbonyl (C=O) groups excluding carboxylic acids is 1. The summed E-state index contributed by atoms with van der Waals surface area (Å²) in [6, 6.07) is 0. The first kappa shape index (κ1) is 14.4. The first-order valence-electron chi connectivity index (χ1n) is 5.47. The Morgan fingerprint density at radius 3 is 2.61 bits per heavy atom. The quantitative estimate of drug-likeness (QED) is 0.681. The molecular weight excluding hydrogens is 258 g/mol. The van der Waals surface area contributed by atoms with Gasteiger partial charge in [0.1, 0.15) is 6.54 Å². The van der Waals surface area contributed by atoms with Crippen molar-refractivity contribution in [1.82, 2.24) is 25.1 Å². The van der Waals surface area contributed by atoms with Gasteiger partial charge in [0.2, 0.25) is 11.1 Å². The van der Waals surface area contributed by atoms with Crippen molar-refractivity contribution in [2.75, 3.05) is 18.8 Å². The zero-order valence-electron chi connectivity index (χ0n) is 10.2. The highest BCUT2D eigenvalue weighted by molar-refractivity contribution is 7.99. The smallest absolute Gasteiger partial charge is 0.313 e. The van der Waals surface area contributed by atoms with Crippen LogP contribution in [0.3, 0.4) is 0 Å². The molecule has 9 heteroatoms. The summed E-state index contributed by atoms with van der Waals surface area (Å²) in [6.45, 7) is 5.04. The average molecular weight is 273 g/mol. The Kier molecular flexibility index (Phi) is 5.56. The number of thioether (sulfide) groups is 1. The van der Waals surface area contributed by atoms with Gasteiger partial charge in [0, 0.05) is 13.1 Å². The number of tetrazole rings is 1. The number of rotatable bonds is 7. The maximum Gasteiger partial charge on any atom is 0.313 e. The lowest BCUT2D eigenvalue weighted by Crippen LogP contribution is -2.33. The minimum absolute atomic E-state index is 0.0244. The van der Waals surface area contributed by atoms with E-state index >= 15 is 0 Å². The van der Waals surface area contributed by atoms with E-state index in [0.717, 1.165) is 11.8 Å². The number of carboxylic acids is 1. The summed E-state index contributed by atoms with van der Waals surface area (Å²) in [5.74, 6) is -1.19. The summed E-state index contributed by atoms with van der Waals surface area (Å²) >= 11 is 0.987. The number of aromatic nitrogens is 4. The number of carbonyl (C=O) groups is 2. The van der Waals surface area contributed by atoms with Crippen molar-refractivity contribution in [3.8, 4) is 0 Å². The summed E-state index contributed by atoms with van der Waals surface area (Å²) in [6.07, 6.45) is 0. The van der Waals surface area contributed by atoms with Crippen LogP contribution in [0.5, 0.6) is 0 Å². The number of hydrogen-bond donors (Lipinski definition) is 1. The van der Waals surface area contributed by atoms with Gasteiger partial charge >= 0.3 is 5.97 Å². The zero-order chi connectivity index (χ0) is 13.5. The molecule has 1 rings (SSSR count). The minimum Gasteiger partial charge on any atom is -0.481 e. The average Bonchev–Trinajstić information content (AvgIpc) is 2.75. The van der Waals surface area contributed by atoms with Crippen molar-refractivity contribution in [3.05, 3.63) is 0 Å². The first-order valence-corrected chi connectivity index (χ1v) is 6.45. The second-order valence-corrected chi connectivity index (χ2v) is 4.31. The van der Waals surface area contributed by atoms with Crippen LogP contribution in [0.15, 0.2) is 5.16 Å². The van der Waals surface area contributed by atoms with E-state index in [0.29, 0.717) is 18.2 Å². The fraction of sp³-hybridized carbons (Fsp3) is 0.667. The van der Waals surface area contributed by atoms with Crippen LogP contribution >= 0.6 is 11.8 Å². The van der Waals surface area contributed by atoms with E-state index in [-0.39, 0.29) is 18.2 Å². The molecule has 0 saturated carbocycles. The lowest BCUT2D eigenvalue weighted by Gasteiger charge is -2.18. The number of carboxylic acid groups (broad SMARTS) is 1. The van der Waals surface area contributed by atoms with Crippen LogP contribution in [-0.4, -0.2) is 60.9 Å². The number of likely N-dealkylation sites (N-methyl/N-ethyl adjacent to an activating group) is 1. The van der Waals surface area contributed by atoms with Gasteiger partial charge in [-0.15, -0.1) is 5.10 Å². The highest BCUT2D eigenvalue weighted by atomic mass is 32.2. The lowest BCUT2D eigenvalue weighted by molar-refractivity contribution is -0.134. The Balaban J connectivity index is 2.64. The third kappa shape index (κ3) is 3.99. The SMILES string of the molecule is CCN(CC)C(=O)Cn1nnnc1SCC(=O)O. The monoisotopic (exact) mass is 273 g/mol. The molecule has 0 atom stereocenters. The van der Waals surface area contributed by atoms with Crippen LogP contribution in [0.2, 0.25) is 0 Å². The summed E-state index contributed by atoms with van der Waals surface area (Å²) in [7, 11) is 0. The van der Waals surface area contributed by atoms with E-state index < -0.39 is 5.97 Å². The summed E-state index contributed by atoms with van der Waals surface area (Å²) in [5, 5.41) is 19.7. The number of aliphatic carboxylic acids is 1. The molecule has 0 aliphatic rings. The van der Waals surface area contributed by atoms with Crippen LogP contribution in [0.25, 0.3) is 0 Å². The molecule has 8 nitrogen and oxygen atoms in total. The second kappa shape index (κ2) is 6.94.